The Morgan fingerprint density at radius 3 is 2.71 bits per heavy atom. The first-order valence-corrected chi connectivity index (χ1v) is 8.21. The average Bonchev–Trinajstić information content (AvgIpc) is 2.91. The summed E-state index contributed by atoms with van der Waals surface area (Å²) in [6.07, 6.45) is 3.06. The third-order valence-electron chi connectivity index (χ3n) is 3.35. The molecule has 1 aromatic rings. The molecule has 0 saturated heterocycles. The molecule has 21 heavy (non-hydrogen) atoms. The molecule has 1 heterocycles. The van der Waals surface area contributed by atoms with E-state index in [9.17, 15) is 9.59 Å². The number of nitrogens with one attached hydrogen (secondary N) is 2. The van der Waals surface area contributed by atoms with Crippen LogP contribution in [0.25, 0.3) is 0 Å². The van der Waals surface area contributed by atoms with Gasteiger partial charge in [-0.05, 0) is 48.6 Å². The van der Waals surface area contributed by atoms with Gasteiger partial charge in [0.2, 0.25) is 0 Å². The molecule has 5 nitrogen and oxygen atoms in total. The van der Waals surface area contributed by atoms with Crippen molar-refractivity contribution in [2.45, 2.75) is 45.6 Å². The largest absolute Gasteiger partial charge is 0.481 e. The van der Waals surface area contributed by atoms with Crippen LogP contribution in [0.15, 0.2) is 16.8 Å². The average molecular weight is 312 g/mol. The predicted molar refractivity (Wildman–Crippen MR) is 84.7 cm³/mol. The highest BCUT2D eigenvalue weighted by Gasteiger charge is 2.12. The summed E-state index contributed by atoms with van der Waals surface area (Å²) in [7, 11) is 0. The van der Waals surface area contributed by atoms with Crippen molar-refractivity contribution in [2.75, 3.05) is 6.54 Å². The minimum atomic E-state index is -0.762. The Hall–Kier alpha value is -1.56. The maximum Gasteiger partial charge on any atom is 0.315 e. The van der Waals surface area contributed by atoms with Gasteiger partial charge in [0.15, 0.2) is 0 Å². The van der Waals surface area contributed by atoms with Gasteiger partial charge in [0.25, 0.3) is 0 Å². The number of amides is 2. The normalized spacial score (nSPS) is 13.4. The summed E-state index contributed by atoms with van der Waals surface area (Å²) in [6.45, 7) is 4.26. The van der Waals surface area contributed by atoms with Crippen LogP contribution in [-0.2, 0) is 11.2 Å². The maximum atomic E-state index is 11.7. The molecule has 6 heteroatoms. The lowest BCUT2D eigenvalue weighted by Gasteiger charge is -2.15. The van der Waals surface area contributed by atoms with Gasteiger partial charge >= 0.3 is 12.0 Å². The topological polar surface area (TPSA) is 78.4 Å². The van der Waals surface area contributed by atoms with Crippen LogP contribution < -0.4 is 10.6 Å². The van der Waals surface area contributed by atoms with Crippen LogP contribution in [0.4, 0.5) is 4.79 Å². The van der Waals surface area contributed by atoms with Crippen LogP contribution in [0, 0.1) is 5.92 Å². The van der Waals surface area contributed by atoms with Crippen molar-refractivity contribution < 1.29 is 14.7 Å². The summed E-state index contributed by atoms with van der Waals surface area (Å²) in [4.78, 5) is 22.4. The molecule has 2 atom stereocenters. The van der Waals surface area contributed by atoms with E-state index in [1.165, 1.54) is 5.56 Å². The lowest BCUT2D eigenvalue weighted by atomic mass is 10.0. The fourth-order valence-corrected chi connectivity index (χ4v) is 2.66. The SMILES string of the molecule is CC(CCCC(C)C(=O)O)NC(=O)NCCc1ccsc1. The number of hydrogen-bond donors (Lipinski definition) is 3. The number of hydrogen-bond acceptors (Lipinski definition) is 3. The third kappa shape index (κ3) is 7.70. The number of carboxylic acids is 1. The number of rotatable bonds is 9. The van der Waals surface area contributed by atoms with Gasteiger partial charge in [0.05, 0.1) is 5.92 Å². The minimum Gasteiger partial charge on any atom is -0.481 e. The van der Waals surface area contributed by atoms with Crippen LogP contribution in [0.1, 0.15) is 38.7 Å². The predicted octanol–water partition coefficient (Wildman–Crippen LogP) is 2.87. The van der Waals surface area contributed by atoms with Crippen molar-refractivity contribution in [3.05, 3.63) is 22.4 Å². The molecular weight excluding hydrogens is 288 g/mol. The number of carbonyl (C=O) groups excluding carboxylic acids is 1. The van der Waals surface area contributed by atoms with Gasteiger partial charge in [0, 0.05) is 12.6 Å². The van der Waals surface area contributed by atoms with Gasteiger partial charge in [-0.3, -0.25) is 4.79 Å². The Morgan fingerprint density at radius 2 is 2.10 bits per heavy atom. The van der Waals surface area contributed by atoms with Gasteiger partial charge in [-0.1, -0.05) is 13.3 Å². The summed E-state index contributed by atoms with van der Waals surface area (Å²) in [6, 6.07) is 1.94. The number of aliphatic carboxylic acids is 1. The number of urea groups is 1. The van der Waals surface area contributed by atoms with E-state index < -0.39 is 5.97 Å². The Morgan fingerprint density at radius 1 is 1.33 bits per heavy atom. The summed E-state index contributed by atoms with van der Waals surface area (Å²) in [5.74, 6) is -1.08. The second-order valence-corrected chi connectivity index (χ2v) is 6.13. The zero-order valence-corrected chi connectivity index (χ0v) is 13.4. The van der Waals surface area contributed by atoms with Gasteiger partial charge < -0.3 is 15.7 Å². The van der Waals surface area contributed by atoms with Gasteiger partial charge in [0.1, 0.15) is 0 Å². The molecule has 0 radical (unpaired) electrons. The first-order valence-electron chi connectivity index (χ1n) is 7.27. The second-order valence-electron chi connectivity index (χ2n) is 5.35. The number of thiophene rings is 1. The first-order chi connectivity index (χ1) is 9.99. The quantitative estimate of drug-likeness (QED) is 0.656. The molecule has 118 valence electrons. The fraction of sp³-hybridized carbons (Fsp3) is 0.600. The van der Waals surface area contributed by atoms with E-state index in [1.54, 1.807) is 18.3 Å². The Bertz CT molecular complexity index is 434. The maximum absolute atomic E-state index is 11.7. The molecule has 0 spiro atoms. The highest BCUT2D eigenvalue weighted by atomic mass is 32.1. The molecule has 0 aliphatic carbocycles. The third-order valence-corrected chi connectivity index (χ3v) is 4.08. The Labute approximate surface area is 129 Å². The van der Waals surface area contributed by atoms with Crippen molar-refractivity contribution in [1.29, 1.82) is 0 Å². The molecule has 2 amide bonds. The van der Waals surface area contributed by atoms with E-state index in [-0.39, 0.29) is 18.0 Å². The molecule has 0 aliphatic rings. The molecule has 0 saturated carbocycles. The number of carbonyl (C=O) groups is 2. The van der Waals surface area contributed by atoms with E-state index >= 15 is 0 Å². The molecule has 0 fully saturated rings. The van der Waals surface area contributed by atoms with Crippen LogP contribution in [0.5, 0.6) is 0 Å². The van der Waals surface area contributed by atoms with E-state index in [2.05, 4.69) is 22.1 Å². The molecule has 0 aromatic carbocycles. The van der Waals surface area contributed by atoms with Crippen LogP contribution in [0.3, 0.4) is 0 Å². The van der Waals surface area contributed by atoms with Crippen LogP contribution >= 0.6 is 11.3 Å². The van der Waals surface area contributed by atoms with Gasteiger partial charge in [-0.15, -0.1) is 0 Å². The first kappa shape index (κ1) is 17.5. The standard InChI is InChI=1S/C15H24N2O3S/c1-11(14(18)19)4-3-5-12(2)17-15(20)16-8-6-13-7-9-21-10-13/h7,9-12H,3-6,8H2,1-2H3,(H,18,19)(H2,16,17,20). The lowest BCUT2D eigenvalue weighted by Crippen LogP contribution is -2.41. The summed E-state index contributed by atoms with van der Waals surface area (Å²) < 4.78 is 0. The van der Waals surface area contributed by atoms with Crippen molar-refractivity contribution >= 4 is 23.3 Å². The van der Waals surface area contributed by atoms with Gasteiger partial charge in [-0.2, -0.15) is 11.3 Å². The van der Waals surface area contributed by atoms with Crippen LogP contribution in [-0.4, -0.2) is 29.7 Å². The molecule has 0 bridgehead atoms. The molecule has 0 aliphatic heterocycles. The van der Waals surface area contributed by atoms with Crippen molar-refractivity contribution in [2.24, 2.45) is 5.92 Å². The van der Waals surface area contributed by atoms with Crippen LogP contribution in [0.2, 0.25) is 0 Å². The molecule has 2 unspecified atom stereocenters. The van der Waals surface area contributed by atoms with E-state index in [4.69, 9.17) is 5.11 Å². The second kappa shape index (κ2) is 9.39. The Balaban J connectivity index is 2.08. The molecule has 1 rings (SSSR count). The lowest BCUT2D eigenvalue weighted by molar-refractivity contribution is -0.141. The summed E-state index contributed by atoms with van der Waals surface area (Å²) >= 11 is 1.65. The highest BCUT2D eigenvalue weighted by molar-refractivity contribution is 7.07. The van der Waals surface area contributed by atoms with E-state index in [0.29, 0.717) is 13.0 Å². The van der Waals surface area contributed by atoms with Gasteiger partial charge in [-0.25, -0.2) is 4.79 Å². The molecular formula is C15H24N2O3S. The number of carboxylic acid groups (broad SMARTS) is 1. The molecule has 1 aromatic heterocycles. The van der Waals surface area contributed by atoms with Crippen molar-refractivity contribution in [3.8, 4) is 0 Å². The van der Waals surface area contributed by atoms with E-state index in [1.807, 2.05) is 12.3 Å². The minimum absolute atomic E-state index is 0.0483. The van der Waals surface area contributed by atoms with Crippen molar-refractivity contribution in [3.63, 3.8) is 0 Å². The molecule has 3 N–H and O–H groups in total. The highest BCUT2D eigenvalue weighted by Crippen LogP contribution is 2.09. The fourth-order valence-electron chi connectivity index (χ4n) is 1.96. The zero-order valence-electron chi connectivity index (χ0n) is 12.6. The Kier molecular flexibility index (Phi) is 7.82. The summed E-state index contributed by atoms with van der Waals surface area (Å²) in [5.41, 5.74) is 1.23. The zero-order chi connectivity index (χ0) is 15.7. The summed E-state index contributed by atoms with van der Waals surface area (Å²) in [5, 5.41) is 18.6. The smallest absolute Gasteiger partial charge is 0.315 e. The van der Waals surface area contributed by atoms with E-state index in [0.717, 1.165) is 19.3 Å². The van der Waals surface area contributed by atoms with Crippen molar-refractivity contribution in [1.82, 2.24) is 10.6 Å². The monoisotopic (exact) mass is 312 g/mol.